The number of hydrogen-bond donors (Lipinski definition) is 2. The molecule has 0 saturated heterocycles. The Kier molecular flexibility index (Phi) is 3.16. The van der Waals surface area contributed by atoms with Gasteiger partial charge in [-0.15, -0.1) is 0 Å². The van der Waals surface area contributed by atoms with Gasteiger partial charge in [0.15, 0.2) is 5.78 Å². The molecule has 0 fully saturated rings. The molecule has 0 unspecified atom stereocenters. The molecule has 1 heterocycles. The van der Waals surface area contributed by atoms with Crippen LogP contribution in [0.2, 0.25) is 10.0 Å². The zero-order valence-electron chi connectivity index (χ0n) is 10.3. The van der Waals surface area contributed by atoms with Gasteiger partial charge in [0.1, 0.15) is 0 Å². The lowest BCUT2D eigenvalue weighted by Gasteiger charge is -2.06. The van der Waals surface area contributed by atoms with Crippen molar-refractivity contribution in [3.8, 4) is 0 Å². The number of nitrogens with two attached hydrogens (primary N) is 1. The molecule has 3 aromatic rings. The average Bonchev–Trinajstić information content (AvgIpc) is 2.83. The van der Waals surface area contributed by atoms with Crippen LogP contribution in [-0.2, 0) is 0 Å². The van der Waals surface area contributed by atoms with Crippen molar-refractivity contribution < 1.29 is 4.79 Å². The van der Waals surface area contributed by atoms with Crippen LogP contribution in [0.3, 0.4) is 0 Å². The fourth-order valence-electron chi connectivity index (χ4n) is 2.22. The van der Waals surface area contributed by atoms with Crippen molar-refractivity contribution in [2.24, 2.45) is 0 Å². The van der Waals surface area contributed by atoms with E-state index in [1.807, 2.05) is 6.07 Å². The number of benzene rings is 2. The molecule has 0 aliphatic heterocycles. The predicted molar refractivity (Wildman–Crippen MR) is 82.6 cm³/mol. The number of fused-ring (bicyclic) bond motifs is 1. The van der Waals surface area contributed by atoms with Gasteiger partial charge in [0.05, 0.1) is 21.1 Å². The van der Waals surface area contributed by atoms with E-state index in [4.69, 9.17) is 28.9 Å². The molecule has 0 amide bonds. The van der Waals surface area contributed by atoms with Crippen molar-refractivity contribution in [3.63, 3.8) is 0 Å². The highest BCUT2D eigenvalue weighted by Crippen LogP contribution is 2.30. The lowest BCUT2D eigenvalue weighted by molar-refractivity contribution is 0.104. The number of ketones is 1. The first kappa shape index (κ1) is 13.0. The lowest BCUT2D eigenvalue weighted by Crippen LogP contribution is -2.05. The van der Waals surface area contributed by atoms with E-state index in [2.05, 4.69) is 4.98 Å². The second-order valence-electron chi connectivity index (χ2n) is 4.40. The molecule has 100 valence electrons. The summed E-state index contributed by atoms with van der Waals surface area (Å²) in [5, 5.41) is 1.65. The maximum atomic E-state index is 12.6. The smallest absolute Gasteiger partial charge is 0.198 e. The number of para-hydroxylation sites is 1. The standard InChI is InChI=1S/C15H10Cl2N2O/c16-10-4-2-6-12(18)13(10)15(20)9-7-19-14-8(9)3-1-5-11(14)17/h1-7,19H,18H2. The van der Waals surface area contributed by atoms with E-state index in [-0.39, 0.29) is 5.78 Å². The van der Waals surface area contributed by atoms with Crippen molar-refractivity contribution in [3.05, 3.63) is 63.8 Å². The van der Waals surface area contributed by atoms with Crippen LogP contribution in [-0.4, -0.2) is 10.8 Å². The molecular weight excluding hydrogens is 295 g/mol. The molecule has 0 atom stereocenters. The molecule has 0 saturated carbocycles. The Balaban J connectivity index is 2.21. The third-order valence-corrected chi connectivity index (χ3v) is 3.81. The number of carbonyl (C=O) groups is 1. The quantitative estimate of drug-likeness (QED) is 0.548. The zero-order valence-corrected chi connectivity index (χ0v) is 11.8. The fourth-order valence-corrected chi connectivity index (χ4v) is 2.72. The van der Waals surface area contributed by atoms with Crippen molar-refractivity contribution >= 4 is 45.6 Å². The Hall–Kier alpha value is -1.97. The van der Waals surface area contributed by atoms with Gasteiger partial charge in [-0.1, -0.05) is 41.4 Å². The summed E-state index contributed by atoms with van der Waals surface area (Å²) < 4.78 is 0. The Morgan fingerprint density at radius 2 is 1.75 bits per heavy atom. The Morgan fingerprint density at radius 1 is 1.05 bits per heavy atom. The Labute approximate surface area is 125 Å². The number of hydrogen-bond acceptors (Lipinski definition) is 2. The molecule has 3 rings (SSSR count). The summed E-state index contributed by atoms with van der Waals surface area (Å²) in [6.45, 7) is 0. The molecular formula is C15H10Cl2N2O. The van der Waals surface area contributed by atoms with E-state index < -0.39 is 0 Å². The van der Waals surface area contributed by atoms with Gasteiger partial charge in [-0.05, 0) is 18.2 Å². The number of nitrogen functional groups attached to an aromatic ring is 1. The second-order valence-corrected chi connectivity index (χ2v) is 5.21. The number of rotatable bonds is 2. The molecule has 2 aromatic carbocycles. The van der Waals surface area contributed by atoms with Crippen molar-refractivity contribution in [1.82, 2.24) is 4.98 Å². The van der Waals surface area contributed by atoms with E-state index in [1.165, 1.54) is 0 Å². The maximum absolute atomic E-state index is 12.6. The highest BCUT2D eigenvalue weighted by molar-refractivity contribution is 6.38. The minimum Gasteiger partial charge on any atom is -0.398 e. The summed E-state index contributed by atoms with van der Waals surface area (Å²) in [5.74, 6) is -0.221. The third-order valence-electron chi connectivity index (χ3n) is 3.18. The van der Waals surface area contributed by atoms with E-state index in [0.717, 1.165) is 10.9 Å². The summed E-state index contributed by atoms with van der Waals surface area (Å²) in [5.41, 5.74) is 7.76. The largest absolute Gasteiger partial charge is 0.398 e. The summed E-state index contributed by atoms with van der Waals surface area (Å²) in [7, 11) is 0. The van der Waals surface area contributed by atoms with Crippen LogP contribution < -0.4 is 5.73 Å². The monoisotopic (exact) mass is 304 g/mol. The number of nitrogens with one attached hydrogen (secondary N) is 1. The normalized spacial score (nSPS) is 10.9. The summed E-state index contributed by atoms with van der Waals surface area (Å²) >= 11 is 12.2. The second kappa shape index (κ2) is 4.85. The van der Waals surface area contributed by atoms with Gasteiger partial charge in [0.2, 0.25) is 0 Å². The van der Waals surface area contributed by atoms with Crippen LogP contribution in [0.25, 0.3) is 10.9 Å². The molecule has 0 aliphatic rings. The first-order valence-electron chi connectivity index (χ1n) is 5.94. The molecule has 0 bridgehead atoms. The average molecular weight is 305 g/mol. The Bertz CT molecular complexity index is 804. The van der Waals surface area contributed by atoms with E-state index in [1.54, 1.807) is 36.5 Å². The summed E-state index contributed by atoms with van der Waals surface area (Å²) in [6, 6.07) is 10.4. The van der Waals surface area contributed by atoms with Crippen molar-refractivity contribution in [1.29, 1.82) is 0 Å². The van der Waals surface area contributed by atoms with Gasteiger partial charge >= 0.3 is 0 Å². The number of aromatic amines is 1. The molecule has 5 heteroatoms. The molecule has 0 aliphatic carbocycles. The highest BCUT2D eigenvalue weighted by Gasteiger charge is 2.19. The molecule has 0 radical (unpaired) electrons. The minimum absolute atomic E-state index is 0.221. The Morgan fingerprint density at radius 3 is 2.50 bits per heavy atom. The predicted octanol–water partition coefficient (Wildman–Crippen LogP) is 4.29. The van der Waals surface area contributed by atoms with Gasteiger partial charge in [-0.3, -0.25) is 4.79 Å². The lowest BCUT2D eigenvalue weighted by atomic mass is 10.0. The van der Waals surface area contributed by atoms with Gasteiger partial charge in [-0.25, -0.2) is 0 Å². The fraction of sp³-hybridized carbons (Fsp3) is 0. The number of anilines is 1. The zero-order chi connectivity index (χ0) is 14.3. The topological polar surface area (TPSA) is 58.9 Å². The third kappa shape index (κ3) is 1.96. The van der Waals surface area contributed by atoms with Crippen LogP contribution >= 0.6 is 23.2 Å². The highest BCUT2D eigenvalue weighted by atomic mass is 35.5. The van der Waals surface area contributed by atoms with Gasteiger partial charge in [0, 0.05) is 22.8 Å². The molecule has 0 spiro atoms. The molecule has 1 aromatic heterocycles. The SMILES string of the molecule is Nc1cccc(Cl)c1C(=O)c1c[nH]c2c(Cl)cccc12. The van der Waals surface area contributed by atoms with Crippen molar-refractivity contribution in [2.45, 2.75) is 0 Å². The van der Waals surface area contributed by atoms with E-state index in [9.17, 15) is 4.79 Å². The molecule has 3 N–H and O–H groups in total. The van der Waals surface area contributed by atoms with Crippen LogP contribution in [0.4, 0.5) is 5.69 Å². The van der Waals surface area contributed by atoms with Gasteiger partial charge in [0.25, 0.3) is 0 Å². The maximum Gasteiger partial charge on any atom is 0.198 e. The molecule has 20 heavy (non-hydrogen) atoms. The molecule has 3 nitrogen and oxygen atoms in total. The van der Waals surface area contributed by atoms with Gasteiger partial charge in [-0.2, -0.15) is 0 Å². The number of H-pyrrole nitrogens is 1. The van der Waals surface area contributed by atoms with Crippen LogP contribution in [0.5, 0.6) is 0 Å². The first-order valence-corrected chi connectivity index (χ1v) is 6.69. The van der Waals surface area contributed by atoms with Crippen LogP contribution in [0, 0.1) is 0 Å². The van der Waals surface area contributed by atoms with Gasteiger partial charge < -0.3 is 10.7 Å². The van der Waals surface area contributed by atoms with Crippen LogP contribution in [0.1, 0.15) is 15.9 Å². The first-order chi connectivity index (χ1) is 9.59. The summed E-state index contributed by atoms with van der Waals surface area (Å²) in [6.07, 6.45) is 1.63. The van der Waals surface area contributed by atoms with E-state index in [0.29, 0.717) is 26.9 Å². The van der Waals surface area contributed by atoms with Crippen LogP contribution in [0.15, 0.2) is 42.6 Å². The number of carbonyl (C=O) groups excluding carboxylic acids is 1. The summed E-state index contributed by atoms with van der Waals surface area (Å²) in [4.78, 5) is 15.7. The van der Waals surface area contributed by atoms with E-state index >= 15 is 0 Å². The van der Waals surface area contributed by atoms with Crippen molar-refractivity contribution in [2.75, 3.05) is 5.73 Å². The minimum atomic E-state index is -0.221. The number of halogens is 2. The number of aromatic nitrogens is 1.